The van der Waals surface area contributed by atoms with Crippen molar-refractivity contribution in [2.75, 3.05) is 72.6 Å². The molecule has 2 aliphatic rings. The maximum absolute atomic E-state index is 11.8. The first kappa shape index (κ1) is 23.9. The van der Waals surface area contributed by atoms with Gasteiger partial charge >= 0.3 is 6.09 Å². The summed E-state index contributed by atoms with van der Waals surface area (Å²) in [6.07, 6.45) is 3.86. The van der Waals surface area contributed by atoms with Crippen LogP contribution in [0.5, 0.6) is 0 Å². The second-order valence-electron chi connectivity index (χ2n) is 7.19. The number of fused-ring (bicyclic) bond motifs is 1. The maximum atomic E-state index is 11.8. The summed E-state index contributed by atoms with van der Waals surface area (Å²) in [5.74, 6) is 8.28. The van der Waals surface area contributed by atoms with Crippen LogP contribution >= 0.6 is 0 Å². The van der Waals surface area contributed by atoms with Crippen molar-refractivity contribution in [1.82, 2.24) is 5.32 Å². The molecule has 0 saturated heterocycles. The number of carbonyl (C=O) groups excluding carboxylic acids is 1. The van der Waals surface area contributed by atoms with Crippen molar-refractivity contribution >= 4 is 6.09 Å². The fourth-order valence-electron chi connectivity index (χ4n) is 3.58. The van der Waals surface area contributed by atoms with Gasteiger partial charge in [0.25, 0.3) is 0 Å². The monoisotopic (exact) mass is 412 g/mol. The van der Waals surface area contributed by atoms with Crippen molar-refractivity contribution in [3.8, 4) is 11.8 Å². The third kappa shape index (κ3) is 10.8. The van der Waals surface area contributed by atoms with Crippen LogP contribution in [0, 0.1) is 29.6 Å². The quantitative estimate of drug-likeness (QED) is 0.290. The number of alkyl carbamates (subject to hydrolysis) is 1. The smallest absolute Gasteiger partial charge is 0.407 e. The zero-order chi connectivity index (χ0) is 20.6. The lowest BCUT2D eigenvalue weighted by atomic mass is 10.1. The van der Waals surface area contributed by atoms with Crippen molar-refractivity contribution in [3.63, 3.8) is 0 Å². The number of carbonyl (C=O) groups is 1. The van der Waals surface area contributed by atoms with Gasteiger partial charge in [-0.1, -0.05) is 0 Å². The van der Waals surface area contributed by atoms with Gasteiger partial charge in [-0.25, -0.2) is 4.79 Å². The van der Waals surface area contributed by atoms with Gasteiger partial charge in [0.15, 0.2) is 0 Å². The fourth-order valence-corrected chi connectivity index (χ4v) is 3.58. The Morgan fingerprint density at radius 2 is 1.34 bits per heavy atom. The molecule has 0 heterocycles. The zero-order valence-electron chi connectivity index (χ0n) is 17.4. The minimum absolute atomic E-state index is 0.368. The van der Waals surface area contributed by atoms with E-state index in [0.717, 1.165) is 25.7 Å². The molecule has 2 rings (SSSR count). The molecule has 0 spiro atoms. The van der Waals surface area contributed by atoms with Gasteiger partial charge < -0.3 is 34.7 Å². The van der Waals surface area contributed by atoms with Gasteiger partial charge in [0, 0.05) is 25.9 Å². The van der Waals surface area contributed by atoms with E-state index in [1.165, 1.54) is 0 Å². The number of rotatable bonds is 16. The Morgan fingerprint density at radius 3 is 1.90 bits per heavy atom. The van der Waals surface area contributed by atoms with Gasteiger partial charge in [-0.05, 0) is 30.6 Å². The van der Waals surface area contributed by atoms with Gasteiger partial charge in [-0.15, -0.1) is 11.8 Å². The van der Waals surface area contributed by atoms with Crippen molar-refractivity contribution in [2.45, 2.75) is 25.7 Å². The molecule has 29 heavy (non-hydrogen) atoms. The average molecular weight is 413 g/mol. The predicted octanol–water partition coefficient (Wildman–Crippen LogP) is 1.18. The number of nitrogens with one attached hydrogen (secondary N) is 1. The summed E-state index contributed by atoms with van der Waals surface area (Å²) >= 11 is 0. The number of hydrogen-bond acceptors (Lipinski definition) is 7. The molecule has 1 saturated carbocycles. The molecule has 0 radical (unpaired) electrons. The largest absolute Gasteiger partial charge is 0.449 e. The Hall–Kier alpha value is -1.37. The molecule has 3 atom stereocenters. The van der Waals surface area contributed by atoms with Crippen LogP contribution in [-0.2, 0) is 23.7 Å². The van der Waals surface area contributed by atoms with E-state index in [-0.39, 0.29) is 6.09 Å². The molecule has 8 heteroatoms. The van der Waals surface area contributed by atoms with Gasteiger partial charge in [-0.3, -0.25) is 0 Å². The van der Waals surface area contributed by atoms with E-state index < -0.39 is 0 Å². The van der Waals surface area contributed by atoms with Crippen LogP contribution < -0.4 is 11.1 Å². The van der Waals surface area contributed by atoms with Crippen LogP contribution in [0.1, 0.15) is 25.7 Å². The van der Waals surface area contributed by atoms with Gasteiger partial charge in [-0.2, -0.15) is 0 Å². The third-order valence-electron chi connectivity index (χ3n) is 5.14. The van der Waals surface area contributed by atoms with E-state index in [9.17, 15) is 4.79 Å². The molecule has 1 fully saturated rings. The van der Waals surface area contributed by atoms with Gasteiger partial charge in [0.2, 0.25) is 0 Å². The molecule has 0 aromatic rings. The van der Waals surface area contributed by atoms with E-state index >= 15 is 0 Å². The summed E-state index contributed by atoms with van der Waals surface area (Å²) in [7, 11) is 0. The SMILES string of the molecule is NCCOCCOCCOCCOCCNC(=O)OC[C@@H]1[C@@H]2CCC#CCC[C@@H]21. The van der Waals surface area contributed by atoms with E-state index in [1.807, 2.05) is 0 Å². The molecular formula is C21H36N2O6. The highest BCUT2D eigenvalue weighted by Crippen LogP contribution is 2.52. The molecule has 0 bridgehead atoms. The standard InChI is InChI=1S/C21H36N2O6/c22-7-9-25-11-13-27-15-16-28-14-12-26-10-8-23-21(24)29-17-20-18-5-3-1-2-4-6-19(18)20/h18-20H,3-17,22H2,(H,23,24)/t18-,19+,20-. The Bertz CT molecular complexity index is 489. The molecule has 3 N–H and O–H groups in total. The maximum Gasteiger partial charge on any atom is 0.407 e. The van der Waals surface area contributed by atoms with Gasteiger partial charge in [0.1, 0.15) is 0 Å². The molecule has 0 unspecified atom stereocenters. The summed E-state index contributed by atoms with van der Waals surface area (Å²) < 4.78 is 26.7. The van der Waals surface area contributed by atoms with E-state index in [2.05, 4.69) is 17.2 Å². The van der Waals surface area contributed by atoms with Crippen LogP contribution in [0.3, 0.4) is 0 Å². The first-order valence-electron chi connectivity index (χ1n) is 10.7. The summed E-state index contributed by atoms with van der Waals surface area (Å²) in [6, 6.07) is 0. The Kier molecular flexibility index (Phi) is 12.7. The number of hydrogen-bond donors (Lipinski definition) is 2. The number of nitrogens with two attached hydrogens (primary N) is 1. The van der Waals surface area contributed by atoms with Crippen LogP contribution in [0.4, 0.5) is 4.79 Å². The fraction of sp³-hybridized carbons (Fsp3) is 0.857. The molecule has 2 aliphatic carbocycles. The minimum Gasteiger partial charge on any atom is -0.449 e. The average Bonchev–Trinajstić information content (AvgIpc) is 3.35. The highest BCUT2D eigenvalue weighted by molar-refractivity contribution is 5.67. The zero-order valence-corrected chi connectivity index (χ0v) is 17.4. The molecule has 8 nitrogen and oxygen atoms in total. The third-order valence-corrected chi connectivity index (χ3v) is 5.14. The lowest BCUT2D eigenvalue weighted by Gasteiger charge is -2.08. The van der Waals surface area contributed by atoms with E-state index in [0.29, 0.717) is 90.3 Å². The molecular weight excluding hydrogens is 376 g/mol. The predicted molar refractivity (Wildman–Crippen MR) is 108 cm³/mol. The lowest BCUT2D eigenvalue weighted by Crippen LogP contribution is -2.29. The summed E-state index contributed by atoms with van der Waals surface area (Å²) in [5.41, 5.74) is 5.31. The van der Waals surface area contributed by atoms with Gasteiger partial charge in [0.05, 0.1) is 59.5 Å². The van der Waals surface area contributed by atoms with Crippen molar-refractivity contribution in [3.05, 3.63) is 0 Å². The first-order valence-corrected chi connectivity index (χ1v) is 10.7. The van der Waals surface area contributed by atoms with E-state index in [1.54, 1.807) is 0 Å². The summed E-state index contributed by atoms with van der Waals surface area (Å²) in [6.45, 7) is 5.54. The molecule has 0 aromatic heterocycles. The van der Waals surface area contributed by atoms with Crippen LogP contribution in [0.15, 0.2) is 0 Å². The van der Waals surface area contributed by atoms with Crippen molar-refractivity contribution < 1.29 is 28.5 Å². The summed E-state index contributed by atoms with van der Waals surface area (Å²) in [4.78, 5) is 11.8. The Balaban J connectivity index is 1.31. The first-order chi connectivity index (χ1) is 14.3. The number of ether oxygens (including phenoxy) is 5. The molecule has 166 valence electrons. The Morgan fingerprint density at radius 1 is 0.828 bits per heavy atom. The van der Waals surface area contributed by atoms with Crippen LogP contribution in [0.2, 0.25) is 0 Å². The highest BCUT2D eigenvalue weighted by Gasteiger charge is 2.49. The van der Waals surface area contributed by atoms with E-state index in [4.69, 9.17) is 29.4 Å². The normalized spacial score (nSPS) is 22.6. The lowest BCUT2D eigenvalue weighted by molar-refractivity contribution is -0.000649. The molecule has 1 amide bonds. The summed E-state index contributed by atoms with van der Waals surface area (Å²) in [5, 5.41) is 2.72. The van der Waals surface area contributed by atoms with Crippen molar-refractivity contribution in [2.24, 2.45) is 23.5 Å². The molecule has 0 aromatic carbocycles. The Labute approximate surface area is 174 Å². The molecule has 0 aliphatic heterocycles. The van der Waals surface area contributed by atoms with Crippen LogP contribution in [-0.4, -0.2) is 78.6 Å². The van der Waals surface area contributed by atoms with Crippen molar-refractivity contribution in [1.29, 1.82) is 0 Å². The minimum atomic E-state index is -0.368. The topological polar surface area (TPSA) is 101 Å². The van der Waals surface area contributed by atoms with Crippen LogP contribution in [0.25, 0.3) is 0 Å². The second-order valence-corrected chi connectivity index (χ2v) is 7.19. The second kappa shape index (κ2) is 15.5. The highest BCUT2D eigenvalue weighted by atomic mass is 16.6. The number of amides is 1.